The number of nitro groups is 1. The van der Waals surface area contributed by atoms with Crippen LogP contribution >= 0.6 is 24.0 Å². The Bertz CT molecular complexity index is 521. The zero-order chi connectivity index (χ0) is 10.3. The first-order chi connectivity index (χ1) is 6.61. The highest BCUT2D eigenvalue weighted by Crippen LogP contribution is 2.38. The van der Waals surface area contributed by atoms with Crippen LogP contribution in [-0.2, 0) is 0 Å². The number of thiophene rings is 1. The Kier molecular flexibility index (Phi) is 2.09. The standard InChI is InChI=1S/C8H6N2O2S2/c9-4-1-2-6-7(5(13)3-14-6)8(4)10(11)12/h1-3,13H,9H2. The molecule has 0 fully saturated rings. The summed E-state index contributed by atoms with van der Waals surface area (Å²) < 4.78 is 0.830. The number of rotatable bonds is 1. The van der Waals surface area contributed by atoms with Crippen LogP contribution in [0.15, 0.2) is 22.4 Å². The quantitative estimate of drug-likeness (QED) is 0.340. The summed E-state index contributed by atoms with van der Waals surface area (Å²) >= 11 is 5.58. The minimum Gasteiger partial charge on any atom is -0.393 e. The lowest BCUT2D eigenvalue weighted by Gasteiger charge is -1.98. The largest absolute Gasteiger partial charge is 0.393 e. The van der Waals surface area contributed by atoms with Crippen molar-refractivity contribution in [2.24, 2.45) is 0 Å². The molecule has 0 saturated heterocycles. The third kappa shape index (κ3) is 1.23. The fourth-order valence-corrected chi connectivity index (χ4v) is 2.60. The average molecular weight is 226 g/mol. The number of nitro benzene ring substituents is 1. The molecule has 6 heteroatoms. The van der Waals surface area contributed by atoms with Crippen LogP contribution in [0.3, 0.4) is 0 Å². The van der Waals surface area contributed by atoms with Crippen molar-refractivity contribution in [3.05, 3.63) is 27.6 Å². The number of hydrogen-bond acceptors (Lipinski definition) is 5. The van der Waals surface area contributed by atoms with Crippen molar-refractivity contribution in [1.82, 2.24) is 0 Å². The van der Waals surface area contributed by atoms with E-state index in [2.05, 4.69) is 12.6 Å². The summed E-state index contributed by atoms with van der Waals surface area (Å²) in [6.45, 7) is 0. The molecule has 72 valence electrons. The van der Waals surface area contributed by atoms with Gasteiger partial charge in [0.1, 0.15) is 5.69 Å². The van der Waals surface area contributed by atoms with E-state index in [0.29, 0.717) is 10.3 Å². The molecule has 0 spiro atoms. The van der Waals surface area contributed by atoms with Crippen LogP contribution in [0, 0.1) is 10.1 Å². The van der Waals surface area contributed by atoms with Gasteiger partial charge in [0.15, 0.2) is 0 Å². The molecule has 0 amide bonds. The number of fused-ring (bicyclic) bond motifs is 1. The zero-order valence-corrected chi connectivity index (χ0v) is 8.64. The first-order valence-corrected chi connectivity index (χ1v) is 5.07. The minimum atomic E-state index is -0.468. The second-order valence-corrected chi connectivity index (χ2v) is 4.15. The van der Waals surface area contributed by atoms with Gasteiger partial charge in [-0.05, 0) is 12.1 Å². The van der Waals surface area contributed by atoms with Crippen LogP contribution in [0.2, 0.25) is 0 Å². The third-order valence-electron chi connectivity index (χ3n) is 1.91. The lowest BCUT2D eigenvalue weighted by atomic mass is 10.2. The molecular weight excluding hydrogens is 220 g/mol. The topological polar surface area (TPSA) is 69.2 Å². The molecule has 1 aromatic heterocycles. The Balaban J connectivity index is 2.94. The molecule has 0 unspecified atom stereocenters. The second kappa shape index (κ2) is 3.14. The minimum absolute atomic E-state index is 0.0475. The van der Waals surface area contributed by atoms with Gasteiger partial charge in [-0.25, -0.2) is 0 Å². The Labute approximate surface area is 88.9 Å². The van der Waals surface area contributed by atoms with Crippen LogP contribution in [0.1, 0.15) is 0 Å². The molecule has 0 aliphatic heterocycles. The number of hydrogen-bond donors (Lipinski definition) is 2. The number of thiol groups is 1. The number of anilines is 1. The molecule has 0 atom stereocenters. The van der Waals surface area contributed by atoms with Crippen molar-refractivity contribution in [3.8, 4) is 0 Å². The molecule has 0 saturated carbocycles. The van der Waals surface area contributed by atoms with Gasteiger partial charge in [0.25, 0.3) is 0 Å². The molecule has 14 heavy (non-hydrogen) atoms. The summed E-state index contributed by atoms with van der Waals surface area (Å²) in [5.74, 6) is 0. The van der Waals surface area contributed by atoms with Gasteiger partial charge < -0.3 is 5.73 Å². The van der Waals surface area contributed by atoms with Crippen LogP contribution in [0.5, 0.6) is 0 Å². The summed E-state index contributed by atoms with van der Waals surface area (Å²) in [4.78, 5) is 10.9. The average Bonchev–Trinajstić information content (AvgIpc) is 2.47. The highest BCUT2D eigenvalue weighted by atomic mass is 32.1. The van der Waals surface area contributed by atoms with E-state index in [1.165, 1.54) is 11.3 Å². The molecule has 2 N–H and O–H groups in total. The first kappa shape index (κ1) is 9.29. The van der Waals surface area contributed by atoms with Gasteiger partial charge >= 0.3 is 5.69 Å². The van der Waals surface area contributed by atoms with E-state index >= 15 is 0 Å². The summed E-state index contributed by atoms with van der Waals surface area (Å²) in [5, 5.41) is 13.1. The maximum Gasteiger partial charge on any atom is 0.301 e. The van der Waals surface area contributed by atoms with Crippen LogP contribution in [-0.4, -0.2) is 4.92 Å². The number of nitrogen functional groups attached to an aromatic ring is 1. The van der Waals surface area contributed by atoms with Gasteiger partial charge in [0.05, 0.1) is 10.3 Å². The molecular formula is C8H6N2O2S2. The monoisotopic (exact) mass is 226 g/mol. The lowest BCUT2D eigenvalue weighted by molar-refractivity contribution is -0.382. The molecule has 0 radical (unpaired) electrons. The molecule has 0 aliphatic rings. The number of benzene rings is 1. The Morgan fingerprint density at radius 1 is 1.50 bits per heavy atom. The smallest absolute Gasteiger partial charge is 0.301 e. The Morgan fingerprint density at radius 2 is 2.21 bits per heavy atom. The van der Waals surface area contributed by atoms with Crippen molar-refractivity contribution in [2.75, 3.05) is 5.73 Å². The van der Waals surface area contributed by atoms with Crippen molar-refractivity contribution in [2.45, 2.75) is 4.90 Å². The van der Waals surface area contributed by atoms with Crippen molar-refractivity contribution in [1.29, 1.82) is 0 Å². The van der Waals surface area contributed by atoms with E-state index < -0.39 is 4.92 Å². The maximum atomic E-state index is 10.8. The summed E-state index contributed by atoms with van der Waals surface area (Å²) in [6.07, 6.45) is 0. The maximum absolute atomic E-state index is 10.8. The van der Waals surface area contributed by atoms with Gasteiger partial charge in [0, 0.05) is 15.0 Å². The first-order valence-electron chi connectivity index (χ1n) is 3.74. The summed E-state index contributed by atoms with van der Waals surface area (Å²) in [6, 6.07) is 3.31. The molecule has 0 aliphatic carbocycles. The van der Waals surface area contributed by atoms with E-state index in [9.17, 15) is 10.1 Å². The summed E-state index contributed by atoms with van der Waals surface area (Å²) in [7, 11) is 0. The lowest BCUT2D eigenvalue weighted by Crippen LogP contribution is -1.95. The van der Waals surface area contributed by atoms with E-state index in [4.69, 9.17) is 5.73 Å². The van der Waals surface area contributed by atoms with Gasteiger partial charge in [-0.2, -0.15) is 0 Å². The fourth-order valence-electron chi connectivity index (χ4n) is 1.31. The van der Waals surface area contributed by atoms with Gasteiger partial charge in [-0.15, -0.1) is 24.0 Å². The van der Waals surface area contributed by atoms with Gasteiger partial charge in [-0.3, -0.25) is 10.1 Å². The van der Waals surface area contributed by atoms with Crippen molar-refractivity contribution < 1.29 is 4.92 Å². The van der Waals surface area contributed by atoms with Crippen LogP contribution in [0.4, 0.5) is 11.4 Å². The van der Waals surface area contributed by atoms with Crippen LogP contribution < -0.4 is 5.73 Å². The highest BCUT2D eigenvalue weighted by molar-refractivity contribution is 7.80. The third-order valence-corrected chi connectivity index (χ3v) is 3.38. The predicted octanol–water partition coefficient (Wildman–Crippen LogP) is 2.68. The Hall–Kier alpha value is -1.27. The molecule has 1 aromatic carbocycles. The Morgan fingerprint density at radius 3 is 2.86 bits per heavy atom. The number of nitrogens with two attached hydrogens (primary N) is 1. The van der Waals surface area contributed by atoms with E-state index in [-0.39, 0.29) is 11.4 Å². The highest BCUT2D eigenvalue weighted by Gasteiger charge is 2.19. The van der Waals surface area contributed by atoms with Gasteiger partial charge in [-0.1, -0.05) is 0 Å². The normalized spacial score (nSPS) is 10.6. The summed E-state index contributed by atoms with van der Waals surface area (Å²) in [5.41, 5.74) is 5.67. The molecule has 0 bridgehead atoms. The predicted molar refractivity (Wildman–Crippen MR) is 60.1 cm³/mol. The van der Waals surface area contributed by atoms with Crippen molar-refractivity contribution >= 4 is 45.4 Å². The van der Waals surface area contributed by atoms with E-state index in [1.807, 2.05) is 0 Å². The number of nitrogens with zero attached hydrogens (tertiary/aromatic N) is 1. The molecule has 2 rings (SSSR count). The van der Waals surface area contributed by atoms with Crippen molar-refractivity contribution in [3.63, 3.8) is 0 Å². The molecule has 2 aromatic rings. The SMILES string of the molecule is Nc1ccc2scc(S)c2c1[N+](=O)[O-]. The molecule has 1 heterocycles. The van der Waals surface area contributed by atoms with E-state index in [1.54, 1.807) is 17.5 Å². The van der Waals surface area contributed by atoms with E-state index in [0.717, 1.165) is 4.70 Å². The van der Waals surface area contributed by atoms with Crippen LogP contribution in [0.25, 0.3) is 10.1 Å². The fraction of sp³-hybridized carbons (Fsp3) is 0. The second-order valence-electron chi connectivity index (χ2n) is 2.75. The van der Waals surface area contributed by atoms with Gasteiger partial charge in [0.2, 0.25) is 0 Å². The molecule has 4 nitrogen and oxygen atoms in total. The zero-order valence-electron chi connectivity index (χ0n) is 6.93.